The number of ketones is 1. The van der Waals surface area contributed by atoms with Crippen molar-refractivity contribution in [1.82, 2.24) is 0 Å². The predicted octanol–water partition coefficient (Wildman–Crippen LogP) is 3.22. The van der Waals surface area contributed by atoms with Gasteiger partial charge in [-0.25, -0.2) is 0 Å². The maximum absolute atomic E-state index is 11.8. The summed E-state index contributed by atoms with van der Waals surface area (Å²) in [5.74, 6) is 0.449. The van der Waals surface area contributed by atoms with E-state index in [1.54, 1.807) is 6.92 Å². The number of Topliss-reactive ketones (excluding diaryl/α,β-unsaturated/α-hetero) is 1. The van der Waals surface area contributed by atoms with E-state index in [1.807, 2.05) is 36.4 Å². The van der Waals surface area contributed by atoms with Crippen LogP contribution in [0, 0.1) is 5.92 Å². The minimum absolute atomic E-state index is 0.122. The molecule has 0 N–H and O–H groups in total. The molecule has 1 heterocycles. The molecular weight excluding hydrogens is 340 g/mol. The number of carbonyl (C=O) groups excluding carboxylic acids is 1. The maximum Gasteiger partial charge on any atom is 0.407 e. The largest absolute Gasteiger partial charge is 0.407 e. The van der Waals surface area contributed by atoms with Crippen molar-refractivity contribution >= 4 is 24.7 Å². The lowest BCUT2D eigenvalue weighted by atomic mass is 10.1. The van der Waals surface area contributed by atoms with Crippen LogP contribution in [-0.4, -0.2) is 27.1 Å². The molecule has 0 aliphatic carbocycles. The van der Waals surface area contributed by atoms with Gasteiger partial charge in [-0.05, 0) is 29.6 Å². The smallest absolute Gasteiger partial charge is 0.387 e. The molecule has 0 unspecified atom stereocenters. The standard InChI is InChI=1S/C22H26O3Si/c1-3-19-14-15-20(16-18(2)23)25-26(24-17-19,21-10-6-4-7-11-21)22-12-8-5-9-13-22/h4-15,19-20H,3,16-17H2,1-2H3/t19-,20-/m0/s1. The van der Waals surface area contributed by atoms with Crippen molar-refractivity contribution in [2.75, 3.05) is 6.61 Å². The molecule has 1 aliphatic heterocycles. The minimum atomic E-state index is -2.91. The molecule has 136 valence electrons. The van der Waals surface area contributed by atoms with Crippen molar-refractivity contribution in [2.24, 2.45) is 5.92 Å². The van der Waals surface area contributed by atoms with Gasteiger partial charge in [0, 0.05) is 13.0 Å². The Morgan fingerprint density at radius 3 is 2.08 bits per heavy atom. The Bertz CT molecular complexity index is 703. The van der Waals surface area contributed by atoms with Gasteiger partial charge in [0.15, 0.2) is 0 Å². The highest BCUT2D eigenvalue weighted by molar-refractivity contribution is 6.92. The lowest BCUT2D eigenvalue weighted by Crippen LogP contribution is -2.65. The fourth-order valence-electron chi connectivity index (χ4n) is 3.28. The highest BCUT2D eigenvalue weighted by atomic mass is 28.4. The second-order valence-electron chi connectivity index (χ2n) is 6.78. The zero-order chi connectivity index (χ0) is 18.4. The molecule has 0 amide bonds. The van der Waals surface area contributed by atoms with Crippen LogP contribution in [0.4, 0.5) is 0 Å². The van der Waals surface area contributed by atoms with E-state index < -0.39 is 8.56 Å². The van der Waals surface area contributed by atoms with Crippen molar-refractivity contribution in [2.45, 2.75) is 32.8 Å². The summed E-state index contributed by atoms with van der Waals surface area (Å²) in [5, 5.41) is 2.15. The first-order valence-corrected chi connectivity index (χ1v) is 11.1. The molecule has 2 atom stereocenters. The molecule has 3 rings (SSSR count). The van der Waals surface area contributed by atoms with Crippen LogP contribution in [0.3, 0.4) is 0 Å². The second kappa shape index (κ2) is 8.58. The maximum atomic E-state index is 11.8. The molecule has 0 spiro atoms. The Morgan fingerprint density at radius 1 is 1.00 bits per heavy atom. The first-order valence-electron chi connectivity index (χ1n) is 9.24. The molecule has 4 heteroatoms. The Hall–Kier alpha value is -2.01. The highest BCUT2D eigenvalue weighted by Gasteiger charge is 2.45. The summed E-state index contributed by atoms with van der Waals surface area (Å²) in [6.45, 7) is 4.40. The molecule has 3 nitrogen and oxygen atoms in total. The first-order chi connectivity index (χ1) is 12.6. The Labute approximate surface area is 156 Å². The molecule has 0 aromatic heterocycles. The monoisotopic (exact) mass is 366 g/mol. The Kier molecular flexibility index (Phi) is 6.19. The summed E-state index contributed by atoms with van der Waals surface area (Å²) in [6, 6.07) is 20.4. The normalized spacial score (nSPS) is 22.4. The van der Waals surface area contributed by atoms with Crippen molar-refractivity contribution in [3.05, 3.63) is 72.8 Å². The van der Waals surface area contributed by atoms with E-state index in [-0.39, 0.29) is 11.9 Å². The third-order valence-corrected chi connectivity index (χ3v) is 8.13. The van der Waals surface area contributed by atoms with Crippen molar-refractivity contribution in [3.63, 3.8) is 0 Å². The summed E-state index contributed by atoms with van der Waals surface area (Å²) in [7, 11) is -2.91. The van der Waals surface area contributed by atoms with Gasteiger partial charge in [-0.2, -0.15) is 0 Å². The number of hydrogen-bond donors (Lipinski definition) is 0. The molecule has 0 fully saturated rings. The second-order valence-corrected chi connectivity index (χ2v) is 9.69. The average Bonchev–Trinajstić information content (AvgIpc) is 2.66. The molecule has 0 bridgehead atoms. The SMILES string of the molecule is CC[C@H]1C=C[C@@H](CC(C)=O)O[Si](c2ccccc2)(c2ccccc2)OC1. The lowest BCUT2D eigenvalue weighted by Gasteiger charge is -2.36. The van der Waals surface area contributed by atoms with Crippen LogP contribution in [0.5, 0.6) is 0 Å². The van der Waals surface area contributed by atoms with Crippen molar-refractivity contribution < 1.29 is 13.6 Å². The van der Waals surface area contributed by atoms with E-state index in [2.05, 4.69) is 43.3 Å². The lowest BCUT2D eigenvalue weighted by molar-refractivity contribution is -0.118. The Morgan fingerprint density at radius 2 is 1.58 bits per heavy atom. The van der Waals surface area contributed by atoms with E-state index in [9.17, 15) is 4.79 Å². The van der Waals surface area contributed by atoms with Crippen LogP contribution in [0.1, 0.15) is 26.7 Å². The quantitative estimate of drug-likeness (QED) is 0.602. The molecular formula is C22H26O3Si. The summed E-state index contributed by atoms with van der Waals surface area (Å²) in [5.41, 5.74) is 0. The molecule has 0 saturated carbocycles. The topological polar surface area (TPSA) is 35.5 Å². The first kappa shape index (κ1) is 18.8. The molecule has 0 saturated heterocycles. The average molecular weight is 367 g/mol. The molecule has 2 aromatic carbocycles. The number of benzene rings is 2. The predicted molar refractivity (Wildman–Crippen MR) is 107 cm³/mol. The van der Waals surface area contributed by atoms with Gasteiger partial charge in [0.25, 0.3) is 0 Å². The molecule has 2 aromatic rings. The number of hydrogen-bond acceptors (Lipinski definition) is 3. The third kappa shape index (κ3) is 4.21. The zero-order valence-corrected chi connectivity index (χ0v) is 16.4. The van der Waals surface area contributed by atoms with Crippen LogP contribution < -0.4 is 10.4 Å². The fraction of sp³-hybridized carbons (Fsp3) is 0.318. The van der Waals surface area contributed by atoms with Crippen LogP contribution in [0.25, 0.3) is 0 Å². The van der Waals surface area contributed by atoms with Gasteiger partial charge in [0.05, 0.1) is 6.10 Å². The number of carbonyl (C=O) groups is 1. The van der Waals surface area contributed by atoms with Crippen LogP contribution in [-0.2, 0) is 13.6 Å². The van der Waals surface area contributed by atoms with Gasteiger partial charge >= 0.3 is 8.56 Å². The third-order valence-electron chi connectivity index (χ3n) is 4.74. The van der Waals surface area contributed by atoms with Gasteiger partial charge in [0.1, 0.15) is 5.78 Å². The van der Waals surface area contributed by atoms with Crippen LogP contribution >= 0.6 is 0 Å². The van der Waals surface area contributed by atoms with Gasteiger partial charge < -0.3 is 8.85 Å². The molecule has 1 aliphatic rings. The Balaban J connectivity index is 2.11. The van der Waals surface area contributed by atoms with Crippen LogP contribution in [0.15, 0.2) is 72.8 Å². The van der Waals surface area contributed by atoms with E-state index in [4.69, 9.17) is 8.85 Å². The van der Waals surface area contributed by atoms with E-state index in [0.717, 1.165) is 16.8 Å². The fourth-order valence-corrected chi connectivity index (χ4v) is 6.59. The van der Waals surface area contributed by atoms with Gasteiger partial charge in [0.2, 0.25) is 0 Å². The summed E-state index contributed by atoms with van der Waals surface area (Å²) < 4.78 is 13.3. The summed E-state index contributed by atoms with van der Waals surface area (Å²) in [6.07, 6.45) is 5.30. The zero-order valence-electron chi connectivity index (χ0n) is 15.4. The molecule has 26 heavy (non-hydrogen) atoms. The van der Waals surface area contributed by atoms with Gasteiger partial charge in [-0.1, -0.05) is 79.7 Å². The van der Waals surface area contributed by atoms with E-state index in [0.29, 0.717) is 18.9 Å². The van der Waals surface area contributed by atoms with Gasteiger partial charge in [-0.3, -0.25) is 4.79 Å². The highest BCUT2D eigenvalue weighted by Crippen LogP contribution is 2.21. The van der Waals surface area contributed by atoms with E-state index in [1.165, 1.54) is 0 Å². The number of rotatable bonds is 5. The van der Waals surface area contributed by atoms with Crippen molar-refractivity contribution in [3.8, 4) is 0 Å². The minimum Gasteiger partial charge on any atom is -0.387 e. The summed E-state index contributed by atoms with van der Waals surface area (Å²) in [4.78, 5) is 11.8. The van der Waals surface area contributed by atoms with Crippen molar-refractivity contribution in [1.29, 1.82) is 0 Å². The van der Waals surface area contributed by atoms with E-state index >= 15 is 0 Å². The summed E-state index contributed by atoms with van der Waals surface area (Å²) >= 11 is 0. The molecule has 0 radical (unpaired) electrons. The van der Waals surface area contributed by atoms with Crippen LogP contribution in [0.2, 0.25) is 0 Å². The van der Waals surface area contributed by atoms with Gasteiger partial charge in [-0.15, -0.1) is 0 Å².